The van der Waals surface area contributed by atoms with Gasteiger partial charge < -0.3 is 10.1 Å². The molecule has 4 atom stereocenters. The lowest BCUT2D eigenvalue weighted by atomic mass is 9.69. The first-order valence-electron chi connectivity index (χ1n) is 11.6. The molecule has 3 aromatic carbocycles. The van der Waals surface area contributed by atoms with E-state index < -0.39 is 11.5 Å². The highest BCUT2D eigenvalue weighted by Crippen LogP contribution is 2.61. The Bertz CT molecular complexity index is 1230. The fraction of sp³-hybridized carbons (Fsp3) is 0.286. The Morgan fingerprint density at radius 2 is 1.76 bits per heavy atom. The van der Waals surface area contributed by atoms with Crippen LogP contribution in [0.2, 0.25) is 0 Å². The van der Waals surface area contributed by atoms with Crippen LogP contribution in [0.5, 0.6) is 5.75 Å². The molecule has 5 heteroatoms. The van der Waals surface area contributed by atoms with Crippen LogP contribution in [-0.4, -0.2) is 36.3 Å². The van der Waals surface area contributed by atoms with Crippen LogP contribution in [0, 0.1) is 5.92 Å². The molecule has 0 unspecified atom stereocenters. The van der Waals surface area contributed by atoms with Crippen LogP contribution in [0.3, 0.4) is 0 Å². The van der Waals surface area contributed by atoms with Gasteiger partial charge >= 0.3 is 0 Å². The first-order chi connectivity index (χ1) is 16.2. The summed E-state index contributed by atoms with van der Waals surface area (Å²) in [5.41, 5.74) is 2.33. The van der Waals surface area contributed by atoms with E-state index in [-0.39, 0.29) is 23.7 Å². The molecule has 3 aliphatic rings. The summed E-state index contributed by atoms with van der Waals surface area (Å²) in [6.45, 7) is 0.788. The van der Waals surface area contributed by atoms with E-state index in [4.69, 9.17) is 4.74 Å². The number of nitrogens with zero attached hydrogens (tertiary/aromatic N) is 1. The lowest BCUT2D eigenvalue weighted by molar-refractivity contribution is -0.127. The molecule has 0 aliphatic carbocycles. The molecule has 166 valence electrons. The Hall–Kier alpha value is -3.44. The van der Waals surface area contributed by atoms with Crippen molar-refractivity contribution in [2.24, 2.45) is 5.92 Å². The van der Waals surface area contributed by atoms with Crippen LogP contribution in [0.25, 0.3) is 0 Å². The van der Waals surface area contributed by atoms with Crippen LogP contribution in [0.15, 0.2) is 78.9 Å². The van der Waals surface area contributed by atoms with Crippen molar-refractivity contribution >= 4 is 17.4 Å². The zero-order chi connectivity index (χ0) is 22.6. The molecule has 1 spiro atoms. The number of hydrogen-bond acceptors (Lipinski definition) is 4. The molecular formula is C28H26N2O3. The number of amides is 1. The largest absolute Gasteiger partial charge is 0.497 e. The number of ketones is 1. The maximum Gasteiger partial charge on any atom is 0.250 e. The van der Waals surface area contributed by atoms with Crippen molar-refractivity contribution in [1.82, 2.24) is 4.90 Å². The summed E-state index contributed by atoms with van der Waals surface area (Å²) >= 11 is 0. The Morgan fingerprint density at radius 3 is 2.48 bits per heavy atom. The van der Waals surface area contributed by atoms with E-state index in [9.17, 15) is 9.59 Å². The highest BCUT2D eigenvalue weighted by atomic mass is 16.5. The molecule has 0 radical (unpaired) electrons. The molecule has 5 nitrogen and oxygen atoms in total. The van der Waals surface area contributed by atoms with E-state index in [1.165, 1.54) is 0 Å². The maximum absolute atomic E-state index is 14.3. The second kappa shape index (κ2) is 7.56. The normalized spacial score (nSPS) is 27.9. The van der Waals surface area contributed by atoms with Crippen molar-refractivity contribution in [3.8, 4) is 5.75 Å². The summed E-state index contributed by atoms with van der Waals surface area (Å²) in [6, 6.07) is 25.5. The number of Topliss-reactive ketones (excluding diaryl/α,β-unsaturated/α-hetero) is 1. The van der Waals surface area contributed by atoms with Crippen molar-refractivity contribution in [3.63, 3.8) is 0 Å². The SMILES string of the molecule is COc1ccc2c(c1)[C@@]1(C(=O)N2)[C@H](C(=O)c2ccccc2)[C@@H](c2ccccc2)[C@@H]2CCCN21. The first-order valence-corrected chi connectivity index (χ1v) is 11.6. The van der Waals surface area contributed by atoms with Crippen LogP contribution in [0.4, 0.5) is 5.69 Å². The van der Waals surface area contributed by atoms with Gasteiger partial charge in [-0.15, -0.1) is 0 Å². The molecule has 1 amide bonds. The van der Waals surface area contributed by atoms with Gasteiger partial charge in [-0.05, 0) is 43.1 Å². The lowest BCUT2D eigenvalue weighted by Crippen LogP contribution is -2.52. The van der Waals surface area contributed by atoms with Gasteiger partial charge in [0.15, 0.2) is 5.78 Å². The number of hydrogen-bond donors (Lipinski definition) is 1. The summed E-state index contributed by atoms with van der Waals surface area (Å²) in [6.07, 6.45) is 1.97. The van der Waals surface area contributed by atoms with Gasteiger partial charge in [0, 0.05) is 28.8 Å². The number of methoxy groups -OCH3 is 1. The number of benzene rings is 3. The maximum atomic E-state index is 14.3. The Balaban J connectivity index is 1.63. The molecular weight excluding hydrogens is 412 g/mol. The smallest absolute Gasteiger partial charge is 0.250 e. The fourth-order valence-corrected chi connectivity index (χ4v) is 6.50. The monoisotopic (exact) mass is 438 g/mol. The average molecular weight is 439 g/mol. The van der Waals surface area contributed by atoms with Crippen LogP contribution in [-0.2, 0) is 10.3 Å². The molecule has 33 heavy (non-hydrogen) atoms. The number of rotatable bonds is 4. The Morgan fingerprint density at radius 1 is 1.03 bits per heavy atom. The topological polar surface area (TPSA) is 58.6 Å². The first kappa shape index (κ1) is 20.2. The average Bonchev–Trinajstić information content (AvgIpc) is 3.52. The van der Waals surface area contributed by atoms with Crippen LogP contribution >= 0.6 is 0 Å². The third-order valence-electron chi connectivity index (χ3n) is 7.73. The van der Waals surface area contributed by atoms with Crippen molar-refractivity contribution in [1.29, 1.82) is 0 Å². The van der Waals surface area contributed by atoms with E-state index in [0.717, 1.165) is 36.2 Å². The number of carbonyl (C=O) groups excluding carboxylic acids is 2. The van der Waals surface area contributed by atoms with Crippen molar-refractivity contribution in [2.75, 3.05) is 19.0 Å². The van der Waals surface area contributed by atoms with Gasteiger partial charge in [0.25, 0.3) is 0 Å². The number of anilines is 1. The highest BCUT2D eigenvalue weighted by molar-refractivity contribution is 6.12. The van der Waals surface area contributed by atoms with Gasteiger partial charge in [0.05, 0.1) is 13.0 Å². The minimum absolute atomic E-state index is 0.0182. The predicted molar refractivity (Wildman–Crippen MR) is 126 cm³/mol. The van der Waals surface area contributed by atoms with Gasteiger partial charge in [-0.1, -0.05) is 60.7 Å². The zero-order valence-electron chi connectivity index (χ0n) is 18.5. The molecule has 3 aliphatic heterocycles. The highest BCUT2D eigenvalue weighted by Gasteiger charge is 2.69. The summed E-state index contributed by atoms with van der Waals surface area (Å²) in [4.78, 5) is 30.6. The number of carbonyl (C=O) groups is 2. The van der Waals surface area contributed by atoms with Gasteiger partial charge in [0.1, 0.15) is 11.3 Å². The Kier molecular flexibility index (Phi) is 4.63. The van der Waals surface area contributed by atoms with Crippen LogP contribution < -0.4 is 10.1 Å². The molecule has 3 heterocycles. The Labute approximate surface area is 193 Å². The second-order valence-electron chi connectivity index (χ2n) is 9.18. The minimum Gasteiger partial charge on any atom is -0.497 e. The number of ether oxygens (including phenoxy) is 1. The summed E-state index contributed by atoms with van der Waals surface area (Å²) in [7, 11) is 1.63. The van der Waals surface area contributed by atoms with E-state index in [2.05, 4.69) is 22.3 Å². The van der Waals surface area contributed by atoms with Crippen molar-refractivity contribution in [2.45, 2.75) is 30.3 Å². The minimum atomic E-state index is -1.06. The predicted octanol–water partition coefficient (Wildman–Crippen LogP) is 4.60. The fourth-order valence-electron chi connectivity index (χ4n) is 6.50. The van der Waals surface area contributed by atoms with E-state index in [0.29, 0.717) is 11.3 Å². The lowest BCUT2D eigenvalue weighted by Gasteiger charge is -2.37. The van der Waals surface area contributed by atoms with E-state index in [1.807, 2.05) is 66.7 Å². The summed E-state index contributed by atoms with van der Waals surface area (Å²) < 4.78 is 5.54. The standard InChI is InChI=1S/C28H26N2O3/c1-33-20-14-15-22-21(17-20)28(27(32)29-22)25(26(31)19-11-6-3-7-12-19)24(18-9-4-2-5-10-18)23-13-8-16-30(23)28/h2-7,9-12,14-15,17,23-25H,8,13,16H2,1H3,(H,29,32)/t23-,24-,25-,28-/m0/s1. The molecule has 6 rings (SSSR count). The quantitative estimate of drug-likeness (QED) is 0.605. The number of fused-ring (bicyclic) bond motifs is 4. The van der Waals surface area contributed by atoms with Gasteiger partial charge in [-0.3, -0.25) is 14.5 Å². The molecule has 2 fully saturated rings. The molecule has 1 N–H and O–H groups in total. The molecule has 0 saturated carbocycles. The third kappa shape index (κ3) is 2.75. The molecule has 3 aromatic rings. The van der Waals surface area contributed by atoms with E-state index in [1.54, 1.807) is 7.11 Å². The van der Waals surface area contributed by atoms with E-state index >= 15 is 0 Å². The summed E-state index contributed by atoms with van der Waals surface area (Å²) in [5.74, 6) is -0.0188. The molecule has 0 aromatic heterocycles. The van der Waals surface area contributed by atoms with Crippen molar-refractivity contribution < 1.29 is 14.3 Å². The van der Waals surface area contributed by atoms with Crippen molar-refractivity contribution in [3.05, 3.63) is 95.6 Å². The number of nitrogens with one attached hydrogen (secondary N) is 1. The van der Waals surface area contributed by atoms with Gasteiger partial charge in [0.2, 0.25) is 5.91 Å². The molecule has 0 bridgehead atoms. The molecule has 2 saturated heterocycles. The second-order valence-corrected chi connectivity index (χ2v) is 9.18. The summed E-state index contributed by atoms with van der Waals surface area (Å²) in [5, 5.41) is 3.11. The zero-order valence-corrected chi connectivity index (χ0v) is 18.5. The van der Waals surface area contributed by atoms with Gasteiger partial charge in [-0.25, -0.2) is 0 Å². The third-order valence-corrected chi connectivity index (χ3v) is 7.73. The van der Waals surface area contributed by atoms with Crippen LogP contribution in [0.1, 0.15) is 40.2 Å². The van der Waals surface area contributed by atoms with Gasteiger partial charge in [-0.2, -0.15) is 0 Å².